The Morgan fingerprint density at radius 1 is 1.38 bits per heavy atom. The van der Waals surface area contributed by atoms with Gasteiger partial charge in [-0.1, -0.05) is 11.6 Å². The molecule has 1 heterocycles. The van der Waals surface area contributed by atoms with Crippen LogP contribution in [0.15, 0.2) is 18.2 Å². The minimum atomic E-state index is -0.478. The second kappa shape index (κ2) is 7.45. The van der Waals surface area contributed by atoms with Crippen LogP contribution in [0.3, 0.4) is 0 Å². The molecule has 1 saturated heterocycles. The Labute approximate surface area is 131 Å². The second-order valence-electron chi connectivity index (χ2n) is 6.00. The Balaban J connectivity index is 1.79. The Morgan fingerprint density at radius 3 is 2.67 bits per heavy atom. The van der Waals surface area contributed by atoms with Gasteiger partial charge in [0.15, 0.2) is 0 Å². The van der Waals surface area contributed by atoms with E-state index in [1.165, 1.54) is 4.90 Å². The second-order valence-corrected chi connectivity index (χ2v) is 6.40. The first-order valence-corrected chi connectivity index (χ1v) is 7.88. The van der Waals surface area contributed by atoms with Gasteiger partial charge in [-0.15, -0.1) is 0 Å². The average molecular weight is 315 g/mol. The number of rotatable bonds is 5. The van der Waals surface area contributed by atoms with E-state index >= 15 is 0 Å². The summed E-state index contributed by atoms with van der Waals surface area (Å²) in [5, 5.41) is 10.9. The first kappa shape index (κ1) is 16.6. The van der Waals surface area contributed by atoms with Crippen LogP contribution in [0.1, 0.15) is 19.4 Å². The van der Waals surface area contributed by atoms with Crippen molar-refractivity contribution in [3.8, 4) is 5.75 Å². The van der Waals surface area contributed by atoms with Gasteiger partial charge in [0, 0.05) is 5.02 Å². The van der Waals surface area contributed by atoms with Crippen LogP contribution in [0.2, 0.25) is 5.02 Å². The van der Waals surface area contributed by atoms with Crippen LogP contribution in [0, 0.1) is 6.92 Å². The van der Waals surface area contributed by atoms with Crippen molar-refractivity contribution in [1.82, 2.24) is 0 Å². The van der Waals surface area contributed by atoms with E-state index in [9.17, 15) is 5.11 Å². The highest BCUT2D eigenvalue weighted by molar-refractivity contribution is 6.31. The number of ether oxygens (including phenoxy) is 2. The van der Waals surface area contributed by atoms with Gasteiger partial charge in [0.1, 0.15) is 50.3 Å². The number of morpholine rings is 1. The third-order valence-electron chi connectivity index (χ3n) is 3.71. The smallest absolute Gasteiger partial charge is 0.137 e. The summed E-state index contributed by atoms with van der Waals surface area (Å²) in [5.74, 6) is 0.745. The average Bonchev–Trinajstić information content (AvgIpc) is 2.39. The first-order valence-electron chi connectivity index (χ1n) is 7.50. The maximum Gasteiger partial charge on any atom is 0.137 e. The molecule has 1 aromatic carbocycles. The van der Waals surface area contributed by atoms with Gasteiger partial charge in [-0.2, -0.15) is 0 Å². The fourth-order valence-electron chi connectivity index (χ4n) is 2.85. The minimum absolute atomic E-state index is 0.246. The summed E-state index contributed by atoms with van der Waals surface area (Å²) < 4.78 is 11.4. The van der Waals surface area contributed by atoms with Crippen molar-refractivity contribution in [2.75, 3.05) is 26.2 Å². The van der Waals surface area contributed by atoms with Gasteiger partial charge in [-0.3, -0.25) is 0 Å². The molecule has 0 unspecified atom stereocenters. The number of hydrogen-bond donors (Lipinski definition) is 2. The van der Waals surface area contributed by atoms with Gasteiger partial charge in [0.2, 0.25) is 0 Å². The molecule has 2 N–H and O–H groups in total. The fraction of sp³-hybridized carbons (Fsp3) is 0.625. The Kier molecular flexibility index (Phi) is 5.88. The largest absolute Gasteiger partial charge is 0.491 e. The Morgan fingerprint density at radius 2 is 2.05 bits per heavy atom. The van der Waals surface area contributed by atoms with Crippen molar-refractivity contribution < 1.29 is 19.5 Å². The van der Waals surface area contributed by atoms with Crippen LogP contribution in [0.4, 0.5) is 0 Å². The summed E-state index contributed by atoms with van der Waals surface area (Å²) >= 11 is 5.98. The first-order chi connectivity index (χ1) is 9.94. The van der Waals surface area contributed by atoms with Crippen molar-refractivity contribution in [3.05, 3.63) is 28.8 Å². The van der Waals surface area contributed by atoms with Gasteiger partial charge >= 0.3 is 0 Å². The van der Waals surface area contributed by atoms with Crippen LogP contribution >= 0.6 is 11.6 Å². The highest BCUT2D eigenvalue weighted by atomic mass is 35.5. The zero-order valence-electron chi connectivity index (χ0n) is 12.9. The molecule has 118 valence electrons. The quantitative estimate of drug-likeness (QED) is 0.855. The predicted octanol–water partition coefficient (Wildman–Crippen LogP) is 1.08. The lowest BCUT2D eigenvalue weighted by Gasteiger charge is -2.33. The minimum Gasteiger partial charge on any atom is -0.491 e. The summed E-state index contributed by atoms with van der Waals surface area (Å²) in [7, 11) is 0. The maximum atomic E-state index is 10.1. The molecular weight excluding hydrogens is 290 g/mol. The Hall–Kier alpha value is -0.810. The molecule has 0 aliphatic carbocycles. The van der Waals surface area contributed by atoms with E-state index in [1.807, 2.05) is 25.1 Å². The highest BCUT2D eigenvalue weighted by Gasteiger charge is 2.27. The lowest BCUT2D eigenvalue weighted by Crippen LogP contribution is -3.16. The molecule has 21 heavy (non-hydrogen) atoms. The highest BCUT2D eigenvalue weighted by Crippen LogP contribution is 2.21. The molecule has 0 bridgehead atoms. The standard InChI is InChI=1S/C16H24ClNO3/c1-11-6-15(4-5-16(11)17)20-10-14(19)9-18-7-12(2)21-13(3)8-18/h4-6,12-14,19H,7-10H2,1-3H3/p+1/t12-,13-,14-/m1/s1. The molecule has 1 aromatic rings. The summed E-state index contributed by atoms with van der Waals surface area (Å²) in [6, 6.07) is 5.53. The molecule has 2 rings (SSSR count). The molecule has 0 spiro atoms. The van der Waals surface area contributed by atoms with Crippen LogP contribution < -0.4 is 9.64 Å². The van der Waals surface area contributed by atoms with Crippen molar-refractivity contribution in [1.29, 1.82) is 0 Å². The number of quaternary nitrogens is 1. The molecule has 0 saturated carbocycles. The molecule has 4 nitrogen and oxygen atoms in total. The normalized spacial score (nSPS) is 27.4. The summed E-state index contributed by atoms with van der Waals surface area (Å²) in [4.78, 5) is 1.37. The molecule has 1 aliphatic heterocycles. The monoisotopic (exact) mass is 314 g/mol. The van der Waals surface area contributed by atoms with E-state index in [-0.39, 0.29) is 12.2 Å². The number of halogens is 1. The molecule has 1 fully saturated rings. The predicted molar refractivity (Wildman–Crippen MR) is 83.3 cm³/mol. The summed E-state index contributed by atoms with van der Waals surface area (Å²) in [6.45, 7) is 8.94. The van der Waals surface area contributed by atoms with Crippen LogP contribution in [0.5, 0.6) is 5.75 Å². The lowest BCUT2D eigenvalue weighted by molar-refractivity contribution is -0.918. The fourth-order valence-corrected chi connectivity index (χ4v) is 2.96. The molecule has 1 aliphatic rings. The number of aryl methyl sites for hydroxylation is 1. The van der Waals surface area contributed by atoms with Gasteiger partial charge in [-0.25, -0.2) is 0 Å². The van der Waals surface area contributed by atoms with E-state index in [0.717, 1.165) is 29.4 Å². The van der Waals surface area contributed by atoms with Gasteiger partial charge in [-0.05, 0) is 44.5 Å². The number of nitrogens with one attached hydrogen (secondary N) is 1. The summed E-state index contributed by atoms with van der Waals surface area (Å²) in [6.07, 6.45) is 0.0139. The van der Waals surface area contributed by atoms with E-state index in [1.54, 1.807) is 0 Å². The van der Waals surface area contributed by atoms with Crippen LogP contribution in [-0.2, 0) is 4.74 Å². The number of aliphatic hydroxyl groups excluding tert-OH is 1. The lowest BCUT2D eigenvalue weighted by atomic mass is 10.2. The third-order valence-corrected chi connectivity index (χ3v) is 4.14. The molecule has 0 radical (unpaired) electrons. The number of benzene rings is 1. The van der Waals surface area contributed by atoms with Gasteiger partial charge in [0.05, 0.1) is 0 Å². The topological polar surface area (TPSA) is 43.1 Å². The third kappa shape index (κ3) is 5.15. The van der Waals surface area contributed by atoms with E-state index in [2.05, 4.69) is 13.8 Å². The Bertz CT molecular complexity index is 459. The van der Waals surface area contributed by atoms with Gasteiger partial charge in [0.25, 0.3) is 0 Å². The van der Waals surface area contributed by atoms with Crippen LogP contribution in [0.25, 0.3) is 0 Å². The van der Waals surface area contributed by atoms with Crippen molar-refractivity contribution in [2.45, 2.75) is 39.1 Å². The van der Waals surface area contributed by atoms with E-state index in [0.29, 0.717) is 13.2 Å². The zero-order chi connectivity index (χ0) is 15.4. The summed E-state index contributed by atoms with van der Waals surface area (Å²) in [5.41, 5.74) is 0.977. The van der Waals surface area contributed by atoms with E-state index in [4.69, 9.17) is 21.1 Å². The van der Waals surface area contributed by atoms with Crippen LogP contribution in [-0.4, -0.2) is 49.7 Å². The van der Waals surface area contributed by atoms with Crippen molar-refractivity contribution in [2.24, 2.45) is 0 Å². The molecule has 3 atom stereocenters. The SMILES string of the molecule is Cc1cc(OC[C@H](O)C[NH+]2C[C@@H](C)O[C@H](C)C2)ccc1Cl. The van der Waals surface area contributed by atoms with Crippen molar-refractivity contribution >= 4 is 11.6 Å². The number of hydrogen-bond acceptors (Lipinski definition) is 3. The molecule has 0 aromatic heterocycles. The molecular formula is C16H25ClNO3+. The van der Waals surface area contributed by atoms with Gasteiger partial charge < -0.3 is 19.5 Å². The molecule has 0 amide bonds. The van der Waals surface area contributed by atoms with E-state index < -0.39 is 6.10 Å². The van der Waals surface area contributed by atoms with Crippen molar-refractivity contribution in [3.63, 3.8) is 0 Å². The maximum absolute atomic E-state index is 10.1. The molecule has 5 heteroatoms. The zero-order valence-corrected chi connectivity index (χ0v) is 13.7. The number of aliphatic hydroxyl groups is 1.